The van der Waals surface area contributed by atoms with Crippen LogP contribution < -0.4 is 5.73 Å². The van der Waals surface area contributed by atoms with Gasteiger partial charge in [0.25, 0.3) is 0 Å². The third kappa shape index (κ3) is 2.89. The Bertz CT molecular complexity index is 1070. The number of aryl methyl sites for hydroxylation is 1. The highest BCUT2D eigenvalue weighted by Crippen LogP contribution is 2.48. The van der Waals surface area contributed by atoms with Gasteiger partial charge in [-0.2, -0.15) is 10.4 Å². The number of nitriles is 1. The molecule has 2 N–H and O–H groups in total. The first-order valence-corrected chi connectivity index (χ1v) is 9.24. The molecule has 28 heavy (non-hydrogen) atoms. The lowest BCUT2D eigenvalue weighted by Gasteiger charge is -2.37. The maximum absolute atomic E-state index is 13.0. The van der Waals surface area contributed by atoms with Crippen LogP contribution in [0.4, 0.5) is 0 Å². The summed E-state index contributed by atoms with van der Waals surface area (Å²) in [7, 11) is 1.82. The summed E-state index contributed by atoms with van der Waals surface area (Å²) in [6, 6.07) is 13.9. The van der Waals surface area contributed by atoms with Gasteiger partial charge in [0.1, 0.15) is 17.4 Å². The van der Waals surface area contributed by atoms with Crippen LogP contribution in [0.3, 0.4) is 0 Å². The van der Waals surface area contributed by atoms with Gasteiger partial charge in [0, 0.05) is 31.0 Å². The molecule has 0 bridgehead atoms. The largest absolute Gasteiger partial charge is 0.444 e. The van der Waals surface area contributed by atoms with Crippen LogP contribution >= 0.6 is 0 Å². The van der Waals surface area contributed by atoms with Crippen molar-refractivity contribution in [2.75, 3.05) is 0 Å². The molecule has 1 atom stereocenters. The summed E-state index contributed by atoms with van der Waals surface area (Å²) >= 11 is 0. The third-order valence-electron chi connectivity index (χ3n) is 5.36. The molecule has 0 amide bonds. The Labute approximate surface area is 163 Å². The standard InChI is InChI=1S/C22H22N4O2/c1-22(2)10-17(27)20-18(11-22)28-21(24)14(12-23)19(20)16-9-15(25-26(16)3)13-7-5-4-6-8-13/h4-9,19H,10-11,24H2,1-3H3/t19-/m1/s1. The SMILES string of the molecule is Cn1nc(-c2ccccc2)cc1[C@H]1C(C#N)=C(N)OC2=C1C(=O)CC(C)(C)C2. The van der Waals surface area contributed by atoms with E-state index < -0.39 is 5.92 Å². The minimum atomic E-state index is -0.563. The van der Waals surface area contributed by atoms with E-state index in [-0.39, 0.29) is 22.7 Å². The number of ketones is 1. The van der Waals surface area contributed by atoms with Crippen molar-refractivity contribution in [3.8, 4) is 17.3 Å². The van der Waals surface area contributed by atoms with Crippen LogP contribution in [-0.4, -0.2) is 15.6 Å². The molecule has 0 radical (unpaired) electrons. The van der Waals surface area contributed by atoms with Crippen LogP contribution in [0.15, 0.2) is 59.2 Å². The molecule has 0 spiro atoms. The molecule has 0 saturated heterocycles. The lowest BCUT2D eigenvalue weighted by molar-refractivity contribution is -0.119. The molecule has 1 aliphatic heterocycles. The summed E-state index contributed by atoms with van der Waals surface area (Å²) in [4.78, 5) is 13.0. The molecule has 1 aromatic heterocycles. The molecule has 1 aromatic carbocycles. The molecule has 6 nitrogen and oxygen atoms in total. The molecule has 0 fully saturated rings. The van der Waals surface area contributed by atoms with Crippen molar-refractivity contribution in [2.45, 2.75) is 32.6 Å². The fourth-order valence-electron chi connectivity index (χ4n) is 4.08. The Hall–Kier alpha value is -3.33. The van der Waals surface area contributed by atoms with E-state index in [4.69, 9.17) is 10.5 Å². The summed E-state index contributed by atoms with van der Waals surface area (Å²) in [5, 5.41) is 14.4. The molecule has 2 aliphatic rings. The Morgan fingerprint density at radius 2 is 2.00 bits per heavy atom. The van der Waals surface area contributed by atoms with Gasteiger partial charge in [-0.15, -0.1) is 0 Å². The summed E-state index contributed by atoms with van der Waals surface area (Å²) in [5.74, 6) is 0.0793. The number of allylic oxidation sites excluding steroid dienone is 3. The number of carbonyl (C=O) groups excluding carboxylic acids is 1. The van der Waals surface area contributed by atoms with Crippen molar-refractivity contribution in [1.29, 1.82) is 5.26 Å². The van der Waals surface area contributed by atoms with Gasteiger partial charge >= 0.3 is 0 Å². The predicted molar refractivity (Wildman–Crippen MR) is 104 cm³/mol. The number of aromatic nitrogens is 2. The highest BCUT2D eigenvalue weighted by atomic mass is 16.5. The second kappa shape index (κ2) is 6.38. The zero-order valence-corrected chi connectivity index (χ0v) is 16.2. The number of benzene rings is 1. The van der Waals surface area contributed by atoms with Gasteiger partial charge < -0.3 is 10.5 Å². The van der Waals surface area contributed by atoms with Crippen LogP contribution in [0.2, 0.25) is 0 Å². The van der Waals surface area contributed by atoms with Gasteiger partial charge in [-0.3, -0.25) is 9.48 Å². The molecule has 142 valence electrons. The van der Waals surface area contributed by atoms with Gasteiger partial charge in [-0.05, 0) is 11.5 Å². The van der Waals surface area contributed by atoms with E-state index in [1.807, 2.05) is 57.3 Å². The minimum absolute atomic E-state index is 0.000962. The van der Waals surface area contributed by atoms with Crippen LogP contribution in [0, 0.1) is 16.7 Å². The van der Waals surface area contributed by atoms with Crippen LogP contribution in [0.25, 0.3) is 11.3 Å². The van der Waals surface area contributed by atoms with Gasteiger partial charge in [-0.1, -0.05) is 44.2 Å². The average Bonchev–Trinajstić information content (AvgIpc) is 3.01. The number of hydrogen-bond donors (Lipinski definition) is 1. The second-order valence-corrected chi connectivity index (χ2v) is 8.15. The van der Waals surface area contributed by atoms with E-state index in [9.17, 15) is 10.1 Å². The zero-order valence-electron chi connectivity index (χ0n) is 16.2. The number of Topliss-reactive ketones (excluding diaryl/α,β-unsaturated/α-hetero) is 1. The maximum Gasteiger partial charge on any atom is 0.205 e. The number of rotatable bonds is 2. The van der Waals surface area contributed by atoms with Crippen molar-refractivity contribution in [3.05, 3.63) is 64.9 Å². The fraction of sp³-hybridized carbons (Fsp3) is 0.318. The second-order valence-electron chi connectivity index (χ2n) is 8.15. The first-order valence-electron chi connectivity index (χ1n) is 9.24. The lowest BCUT2D eigenvalue weighted by Crippen LogP contribution is -2.34. The highest BCUT2D eigenvalue weighted by Gasteiger charge is 2.44. The maximum atomic E-state index is 13.0. The normalized spacial score (nSPS) is 21.2. The van der Waals surface area contributed by atoms with E-state index in [1.165, 1.54) is 0 Å². The summed E-state index contributed by atoms with van der Waals surface area (Å²) in [5.41, 5.74) is 9.18. The molecule has 0 saturated carbocycles. The smallest absolute Gasteiger partial charge is 0.205 e. The third-order valence-corrected chi connectivity index (χ3v) is 5.36. The number of carbonyl (C=O) groups is 1. The number of hydrogen-bond acceptors (Lipinski definition) is 5. The molecule has 2 heterocycles. The topological polar surface area (TPSA) is 93.9 Å². The van der Waals surface area contributed by atoms with Crippen molar-refractivity contribution in [2.24, 2.45) is 18.2 Å². The molecule has 6 heteroatoms. The quantitative estimate of drug-likeness (QED) is 0.868. The molecule has 0 unspecified atom stereocenters. The first-order chi connectivity index (χ1) is 13.3. The number of nitrogens with two attached hydrogens (primary N) is 1. The van der Waals surface area contributed by atoms with Crippen LogP contribution in [-0.2, 0) is 16.6 Å². The van der Waals surface area contributed by atoms with E-state index in [2.05, 4.69) is 11.2 Å². The summed E-state index contributed by atoms with van der Waals surface area (Å²) < 4.78 is 7.47. The minimum Gasteiger partial charge on any atom is -0.444 e. The van der Waals surface area contributed by atoms with Crippen LogP contribution in [0.1, 0.15) is 38.3 Å². The Kier molecular flexibility index (Phi) is 4.11. The Balaban J connectivity index is 1.88. The molecule has 4 rings (SSSR count). The molecular formula is C22H22N4O2. The Morgan fingerprint density at radius 3 is 2.68 bits per heavy atom. The molecule has 1 aliphatic carbocycles. The number of ether oxygens (including phenoxy) is 1. The Morgan fingerprint density at radius 1 is 1.29 bits per heavy atom. The first kappa shape index (κ1) is 18.1. The van der Waals surface area contributed by atoms with E-state index >= 15 is 0 Å². The van der Waals surface area contributed by atoms with E-state index in [0.717, 1.165) is 17.0 Å². The average molecular weight is 374 g/mol. The zero-order chi connectivity index (χ0) is 20.1. The summed E-state index contributed by atoms with van der Waals surface area (Å²) in [6.45, 7) is 4.06. The monoisotopic (exact) mass is 374 g/mol. The van der Waals surface area contributed by atoms with Gasteiger partial charge in [0.15, 0.2) is 5.78 Å². The van der Waals surface area contributed by atoms with Crippen molar-refractivity contribution in [1.82, 2.24) is 9.78 Å². The van der Waals surface area contributed by atoms with Crippen molar-refractivity contribution >= 4 is 5.78 Å². The lowest BCUT2D eigenvalue weighted by atomic mass is 9.71. The predicted octanol–water partition coefficient (Wildman–Crippen LogP) is 3.54. The van der Waals surface area contributed by atoms with Gasteiger partial charge in [-0.25, -0.2) is 0 Å². The van der Waals surface area contributed by atoms with Crippen molar-refractivity contribution in [3.63, 3.8) is 0 Å². The van der Waals surface area contributed by atoms with Gasteiger partial charge in [0.05, 0.1) is 17.3 Å². The fourth-order valence-corrected chi connectivity index (χ4v) is 4.08. The van der Waals surface area contributed by atoms with Crippen LogP contribution in [0.5, 0.6) is 0 Å². The van der Waals surface area contributed by atoms with Gasteiger partial charge in [0.2, 0.25) is 5.88 Å². The highest BCUT2D eigenvalue weighted by molar-refractivity contribution is 6.00. The summed E-state index contributed by atoms with van der Waals surface area (Å²) in [6.07, 6.45) is 1.01. The molecule has 2 aromatic rings. The van der Waals surface area contributed by atoms with Crippen molar-refractivity contribution < 1.29 is 9.53 Å². The van der Waals surface area contributed by atoms with E-state index in [1.54, 1.807) is 4.68 Å². The van der Waals surface area contributed by atoms with E-state index in [0.29, 0.717) is 24.2 Å². The number of nitrogens with zero attached hydrogens (tertiary/aromatic N) is 3. The molecular weight excluding hydrogens is 352 g/mol.